The Bertz CT molecular complexity index is 615. The maximum atomic E-state index is 13.1. The number of hydrogen-bond donors (Lipinski definition) is 1. The van der Waals surface area contributed by atoms with Crippen molar-refractivity contribution in [2.45, 2.75) is 19.4 Å². The molecule has 1 nitrogen and oxygen atoms in total. The summed E-state index contributed by atoms with van der Waals surface area (Å²) in [6.45, 7) is 2.06. The zero-order valence-electron chi connectivity index (χ0n) is 11.4. The third-order valence-corrected chi connectivity index (χ3v) is 4.61. The Morgan fingerprint density at radius 1 is 1.25 bits per heavy atom. The van der Waals surface area contributed by atoms with E-state index in [1.165, 1.54) is 23.3 Å². The lowest BCUT2D eigenvalue weighted by molar-refractivity contribution is 0.588. The van der Waals surface area contributed by atoms with Crippen LogP contribution in [0.5, 0.6) is 0 Å². The van der Waals surface area contributed by atoms with Crippen molar-refractivity contribution in [2.75, 3.05) is 7.05 Å². The van der Waals surface area contributed by atoms with Gasteiger partial charge in [-0.25, -0.2) is 4.39 Å². The molecule has 2 rings (SSSR count). The summed E-state index contributed by atoms with van der Waals surface area (Å²) in [5.74, 6) is -0.306. The molecule has 20 heavy (non-hydrogen) atoms. The van der Waals surface area contributed by atoms with E-state index in [9.17, 15) is 4.39 Å². The molecule has 2 aromatic rings. The molecule has 1 N–H and O–H groups in total. The molecule has 0 saturated carbocycles. The van der Waals surface area contributed by atoms with Crippen LogP contribution >= 0.6 is 27.5 Å². The summed E-state index contributed by atoms with van der Waals surface area (Å²) in [6, 6.07) is 11.0. The molecule has 106 valence electrons. The van der Waals surface area contributed by atoms with Crippen molar-refractivity contribution < 1.29 is 4.39 Å². The molecule has 0 radical (unpaired) electrons. The first-order valence-corrected chi connectivity index (χ1v) is 7.55. The van der Waals surface area contributed by atoms with E-state index in [1.54, 1.807) is 6.07 Å². The van der Waals surface area contributed by atoms with Crippen LogP contribution in [0.1, 0.15) is 22.7 Å². The first kappa shape index (κ1) is 15.5. The van der Waals surface area contributed by atoms with Gasteiger partial charge in [0.1, 0.15) is 5.82 Å². The summed E-state index contributed by atoms with van der Waals surface area (Å²) >= 11 is 9.60. The maximum Gasteiger partial charge on any atom is 0.124 e. The fraction of sp³-hybridized carbons (Fsp3) is 0.250. The minimum absolute atomic E-state index is 0.143. The first-order valence-electron chi connectivity index (χ1n) is 6.38. The van der Waals surface area contributed by atoms with Crippen LogP contribution in [0.25, 0.3) is 0 Å². The highest BCUT2D eigenvalue weighted by molar-refractivity contribution is 9.10. The smallest absolute Gasteiger partial charge is 0.124 e. The third kappa shape index (κ3) is 3.60. The van der Waals surface area contributed by atoms with Gasteiger partial charge in [-0.1, -0.05) is 45.7 Å². The fourth-order valence-corrected chi connectivity index (χ4v) is 2.67. The predicted octanol–water partition coefficient (Wildman–Crippen LogP) is 5.05. The number of rotatable bonds is 4. The number of likely N-dealkylation sites (N-methyl/N-ethyl adjacent to an activating group) is 1. The van der Waals surface area contributed by atoms with Gasteiger partial charge in [-0.15, -0.1) is 0 Å². The monoisotopic (exact) mass is 355 g/mol. The molecule has 0 heterocycles. The second-order valence-electron chi connectivity index (χ2n) is 4.79. The number of benzene rings is 2. The van der Waals surface area contributed by atoms with Crippen molar-refractivity contribution in [1.82, 2.24) is 5.32 Å². The molecule has 0 fully saturated rings. The van der Waals surface area contributed by atoms with Gasteiger partial charge < -0.3 is 5.32 Å². The molecule has 0 bridgehead atoms. The van der Waals surface area contributed by atoms with Gasteiger partial charge in [-0.2, -0.15) is 0 Å². The van der Waals surface area contributed by atoms with Crippen molar-refractivity contribution >= 4 is 27.5 Å². The Morgan fingerprint density at radius 2 is 2.00 bits per heavy atom. The maximum absolute atomic E-state index is 13.1. The first-order chi connectivity index (χ1) is 9.51. The van der Waals surface area contributed by atoms with E-state index in [4.69, 9.17) is 11.6 Å². The second kappa shape index (κ2) is 6.70. The van der Waals surface area contributed by atoms with E-state index < -0.39 is 0 Å². The van der Waals surface area contributed by atoms with Gasteiger partial charge in [0.15, 0.2) is 0 Å². The molecule has 0 aliphatic carbocycles. The number of halogens is 3. The van der Waals surface area contributed by atoms with Crippen LogP contribution in [-0.2, 0) is 6.42 Å². The zero-order chi connectivity index (χ0) is 14.7. The summed E-state index contributed by atoms with van der Waals surface area (Å²) in [5.41, 5.74) is 3.31. The van der Waals surface area contributed by atoms with Gasteiger partial charge in [0.25, 0.3) is 0 Å². The van der Waals surface area contributed by atoms with Crippen LogP contribution in [0.15, 0.2) is 40.9 Å². The molecule has 1 atom stereocenters. The molecule has 1 unspecified atom stereocenters. The number of nitrogens with one attached hydrogen (secondary N) is 1. The van der Waals surface area contributed by atoms with Gasteiger partial charge >= 0.3 is 0 Å². The molecule has 2 aromatic carbocycles. The topological polar surface area (TPSA) is 12.0 Å². The average Bonchev–Trinajstić information content (AvgIpc) is 2.41. The van der Waals surface area contributed by atoms with Gasteiger partial charge in [-0.05, 0) is 55.3 Å². The van der Waals surface area contributed by atoms with Gasteiger partial charge in [0.05, 0.1) is 0 Å². The van der Waals surface area contributed by atoms with Gasteiger partial charge in [-0.3, -0.25) is 0 Å². The van der Waals surface area contributed by atoms with E-state index in [0.717, 1.165) is 16.5 Å². The lowest BCUT2D eigenvalue weighted by Crippen LogP contribution is -2.19. The largest absolute Gasteiger partial charge is 0.313 e. The van der Waals surface area contributed by atoms with Crippen LogP contribution in [0, 0.1) is 12.7 Å². The molecular weight excluding hydrogens is 341 g/mol. The van der Waals surface area contributed by atoms with Crippen LogP contribution in [0.2, 0.25) is 5.02 Å². The molecule has 4 heteroatoms. The number of aryl methyl sites for hydroxylation is 1. The van der Waals surface area contributed by atoms with Crippen molar-refractivity contribution in [3.63, 3.8) is 0 Å². The second-order valence-corrected chi connectivity index (χ2v) is 6.05. The van der Waals surface area contributed by atoms with Crippen molar-refractivity contribution in [3.05, 3.63) is 68.4 Å². The summed E-state index contributed by atoms with van der Waals surface area (Å²) in [4.78, 5) is 0. The molecular formula is C16H16BrClFN. The highest BCUT2D eigenvalue weighted by atomic mass is 79.9. The summed E-state index contributed by atoms with van der Waals surface area (Å²) in [7, 11) is 1.92. The van der Waals surface area contributed by atoms with E-state index in [1.807, 2.05) is 13.1 Å². The minimum atomic E-state index is -0.306. The van der Waals surface area contributed by atoms with Crippen LogP contribution in [0.4, 0.5) is 4.39 Å². The molecule has 0 spiro atoms. The van der Waals surface area contributed by atoms with Crippen molar-refractivity contribution in [2.24, 2.45) is 0 Å². The average molecular weight is 357 g/mol. The Balaban J connectivity index is 2.26. The molecule has 0 saturated heterocycles. The van der Waals surface area contributed by atoms with E-state index in [0.29, 0.717) is 5.02 Å². The Hall–Kier alpha value is -0.900. The Kier molecular flexibility index (Phi) is 5.19. The van der Waals surface area contributed by atoms with Crippen molar-refractivity contribution in [3.8, 4) is 0 Å². The summed E-state index contributed by atoms with van der Waals surface area (Å²) in [5, 5.41) is 3.76. The highest BCUT2D eigenvalue weighted by Crippen LogP contribution is 2.26. The zero-order valence-corrected chi connectivity index (χ0v) is 13.7. The van der Waals surface area contributed by atoms with Gasteiger partial charge in [0, 0.05) is 15.5 Å². The Morgan fingerprint density at radius 3 is 2.60 bits per heavy atom. The predicted molar refractivity (Wildman–Crippen MR) is 85.8 cm³/mol. The molecule has 0 aliphatic heterocycles. The fourth-order valence-electron chi connectivity index (χ4n) is 2.18. The third-order valence-electron chi connectivity index (χ3n) is 3.37. The molecule has 0 amide bonds. The molecule has 0 aliphatic rings. The summed E-state index contributed by atoms with van der Waals surface area (Å²) in [6.07, 6.45) is 0.719. The van der Waals surface area contributed by atoms with Crippen LogP contribution < -0.4 is 5.32 Å². The minimum Gasteiger partial charge on any atom is -0.313 e. The van der Waals surface area contributed by atoms with E-state index >= 15 is 0 Å². The Labute approximate surface area is 132 Å². The van der Waals surface area contributed by atoms with Crippen LogP contribution in [-0.4, -0.2) is 7.05 Å². The normalized spacial score (nSPS) is 12.4. The quantitative estimate of drug-likeness (QED) is 0.808. The summed E-state index contributed by atoms with van der Waals surface area (Å²) < 4.78 is 14.2. The van der Waals surface area contributed by atoms with Crippen LogP contribution in [0.3, 0.4) is 0 Å². The van der Waals surface area contributed by atoms with Gasteiger partial charge in [0.2, 0.25) is 0 Å². The van der Waals surface area contributed by atoms with E-state index in [-0.39, 0.29) is 11.9 Å². The highest BCUT2D eigenvalue weighted by Gasteiger charge is 2.13. The number of hydrogen-bond acceptors (Lipinski definition) is 1. The van der Waals surface area contributed by atoms with E-state index in [2.05, 4.69) is 40.3 Å². The molecule has 0 aromatic heterocycles. The SMILES string of the molecule is CNC(Cc1ccc(F)cc1Cl)c1ccc(Br)c(C)c1. The lowest BCUT2D eigenvalue weighted by atomic mass is 9.97. The van der Waals surface area contributed by atoms with Crippen molar-refractivity contribution in [1.29, 1.82) is 0 Å². The standard InChI is InChI=1S/C16H16BrClFN/c1-10-7-12(4-6-14(10)17)16(20-2)8-11-3-5-13(19)9-15(11)18/h3-7,9,16,20H,8H2,1-2H3. The lowest BCUT2D eigenvalue weighted by Gasteiger charge is -2.18.